The molecule has 20 heavy (non-hydrogen) atoms. The Morgan fingerprint density at radius 1 is 1.30 bits per heavy atom. The van der Waals surface area contributed by atoms with E-state index in [1.165, 1.54) is 19.3 Å². The summed E-state index contributed by atoms with van der Waals surface area (Å²) in [6.07, 6.45) is 5.61. The molecular weight excluding hydrogens is 250 g/mol. The molecule has 1 fully saturated rings. The smallest absolute Gasteiger partial charge is 0.153 e. The molecule has 1 saturated heterocycles. The molecular formula is C16H23N3O. The fourth-order valence-electron chi connectivity index (χ4n) is 3.38. The van der Waals surface area contributed by atoms with Gasteiger partial charge in [-0.05, 0) is 36.8 Å². The molecule has 0 aliphatic carbocycles. The predicted octanol–water partition coefficient (Wildman–Crippen LogP) is 2.84. The zero-order valence-corrected chi connectivity index (χ0v) is 12.3. The molecule has 108 valence electrons. The number of hydrogen-bond acceptors (Lipinski definition) is 3. The highest BCUT2D eigenvalue weighted by molar-refractivity contribution is 5.56. The predicted molar refractivity (Wildman–Crippen MR) is 81.0 cm³/mol. The summed E-state index contributed by atoms with van der Waals surface area (Å²) in [7, 11) is 0. The minimum atomic E-state index is 0.0300. The molecule has 0 atom stereocenters. The van der Waals surface area contributed by atoms with Gasteiger partial charge in [0.25, 0.3) is 0 Å². The van der Waals surface area contributed by atoms with Crippen LogP contribution in [0.3, 0.4) is 0 Å². The molecule has 1 aliphatic heterocycles. The lowest BCUT2D eigenvalue weighted by Crippen LogP contribution is -2.27. The van der Waals surface area contributed by atoms with Gasteiger partial charge in [0, 0.05) is 19.3 Å². The number of fused-ring (bicyclic) bond motifs is 1. The lowest BCUT2D eigenvalue weighted by atomic mass is 9.82. The molecule has 0 bridgehead atoms. The van der Waals surface area contributed by atoms with Crippen molar-refractivity contribution >= 4 is 11.5 Å². The van der Waals surface area contributed by atoms with Gasteiger partial charge < -0.3 is 10.0 Å². The van der Waals surface area contributed by atoms with Gasteiger partial charge in [0.05, 0.1) is 12.3 Å². The van der Waals surface area contributed by atoms with Gasteiger partial charge in [-0.2, -0.15) is 0 Å². The molecule has 0 saturated carbocycles. The topological polar surface area (TPSA) is 40.8 Å². The lowest BCUT2D eigenvalue weighted by Gasteiger charge is -2.26. The second-order valence-electron chi connectivity index (χ2n) is 5.85. The standard InChI is InChI=1S/C16H23N3O/c1-3-16(4-2)8-10-18(12-16)15-13(11-20)19-9-6-5-7-14(19)17-15/h5-7,9,20H,3-4,8,10-12H2,1-2H3. The molecule has 1 aliphatic rings. The van der Waals surface area contributed by atoms with E-state index in [0.717, 1.165) is 30.2 Å². The number of imidazole rings is 1. The van der Waals surface area contributed by atoms with E-state index < -0.39 is 0 Å². The molecule has 0 radical (unpaired) electrons. The minimum absolute atomic E-state index is 0.0300. The van der Waals surface area contributed by atoms with E-state index in [2.05, 4.69) is 18.7 Å². The molecule has 4 heteroatoms. The second kappa shape index (κ2) is 5.09. The molecule has 0 amide bonds. The van der Waals surface area contributed by atoms with Crippen molar-refractivity contribution < 1.29 is 5.11 Å². The van der Waals surface area contributed by atoms with Crippen LogP contribution in [0.4, 0.5) is 5.82 Å². The normalized spacial score (nSPS) is 18.1. The number of aromatic nitrogens is 2. The molecule has 3 heterocycles. The second-order valence-corrected chi connectivity index (χ2v) is 5.85. The zero-order valence-electron chi connectivity index (χ0n) is 12.3. The van der Waals surface area contributed by atoms with E-state index in [0.29, 0.717) is 5.41 Å². The summed E-state index contributed by atoms with van der Waals surface area (Å²) in [6.45, 7) is 6.69. The minimum Gasteiger partial charge on any atom is -0.390 e. The summed E-state index contributed by atoms with van der Waals surface area (Å²) in [6, 6.07) is 5.95. The summed E-state index contributed by atoms with van der Waals surface area (Å²) in [5.74, 6) is 0.961. The monoisotopic (exact) mass is 273 g/mol. The van der Waals surface area contributed by atoms with Crippen LogP contribution in [0, 0.1) is 5.41 Å². The zero-order chi connectivity index (χ0) is 14.2. The van der Waals surface area contributed by atoms with Crippen LogP contribution in [0.2, 0.25) is 0 Å². The van der Waals surface area contributed by atoms with E-state index in [-0.39, 0.29) is 6.61 Å². The molecule has 4 nitrogen and oxygen atoms in total. The van der Waals surface area contributed by atoms with Gasteiger partial charge in [-0.3, -0.25) is 4.40 Å². The van der Waals surface area contributed by atoms with Crippen molar-refractivity contribution in [3.8, 4) is 0 Å². The summed E-state index contributed by atoms with van der Waals surface area (Å²) < 4.78 is 1.99. The number of hydrogen-bond donors (Lipinski definition) is 1. The van der Waals surface area contributed by atoms with Crippen LogP contribution < -0.4 is 4.90 Å². The Kier molecular flexibility index (Phi) is 3.42. The summed E-state index contributed by atoms with van der Waals surface area (Å²) in [5.41, 5.74) is 2.24. The van der Waals surface area contributed by atoms with Crippen molar-refractivity contribution in [3.63, 3.8) is 0 Å². The highest BCUT2D eigenvalue weighted by atomic mass is 16.3. The molecule has 0 aromatic carbocycles. The van der Waals surface area contributed by atoms with Crippen LogP contribution in [-0.4, -0.2) is 27.6 Å². The number of rotatable bonds is 4. The van der Waals surface area contributed by atoms with Crippen LogP contribution in [0.1, 0.15) is 38.8 Å². The third-order valence-electron chi connectivity index (χ3n) is 5.00. The Hall–Kier alpha value is -1.55. The van der Waals surface area contributed by atoms with E-state index in [1.54, 1.807) is 0 Å². The summed E-state index contributed by atoms with van der Waals surface area (Å²) in [4.78, 5) is 7.08. The fourth-order valence-corrected chi connectivity index (χ4v) is 3.38. The van der Waals surface area contributed by atoms with Crippen molar-refractivity contribution in [2.75, 3.05) is 18.0 Å². The first kappa shape index (κ1) is 13.4. The first-order valence-corrected chi connectivity index (χ1v) is 7.55. The van der Waals surface area contributed by atoms with Gasteiger partial charge in [0.15, 0.2) is 5.82 Å². The third-order valence-corrected chi connectivity index (χ3v) is 5.00. The molecule has 1 N–H and O–H groups in total. The molecule has 0 spiro atoms. The van der Waals surface area contributed by atoms with Gasteiger partial charge in [0.1, 0.15) is 5.65 Å². The number of aliphatic hydroxyl groups excluding tert-OH is 1. The number of aliphatic hydroxyl groups is 1. The van der Waals surface area contributed by atoms with Crippen molar-refractivity contribution in [2.24, 2.45) is 5.41 Å². The van der Waals surface area contributed by atoms with Gasteiger partial charge >= 0.3 is 0 Å². The van der Waals surface area contributed by atoms with Crippen molar-refractivity contribution in [1.82, 2.24) is 9.38 Å². The van der Waals surface area contributed by atoms with E-state index in [9.17, 15) is 5.11 Å². The van der Waals surface area contributed by atoms with Crippen molar-refractivity contribution in [3.05, 3.63) is 30.1 Å². The van der Waals surface area contributed by atoms with E-state index in [4.69, 9.17) is 4.98 Å². The highest BCUT2D eigenvalue weighted by Crippen LogP contribution is 2.39. The maximum Gasteiger partial charge on any atom is 0.153 e. The first-order valence-electron chi connectivity index (χ1n) is 7.55. The SMILES string of the molecule is CCC1(CC)CCN(c2nc3ccccn3c2CO)C1. The van der Waals surface area contributed by atoms with Crippen LogP contribution in [0.25, 0.3) is 5.65 Å². The van der Waals surface area contributed by atoms with E-state index in [1.807, 2.05) is 28.8 Å². The Morgan fingerprint density at radius 2 is 2.10 bits per heavy atom. The number of nitrogens with zero attached hydrogens (tertiary/aromatic N) is 3. The Labute approximate surface area is 120 Å². The summed E-state index contributed by atoms with van der Waals surface area (Å²) in [5, 5.41) is 9.72. The van der Waals surface area contributed by atoms with E-state index >= 15 is 0 Å². The average molecular weight is 273 g/mol. The fraction of sp³-hybridized carbons (Fsp3) is 0.562. The van der Waals surface area contributed by atoms with Crippen LogP contribution in [0.15, 0.2) is 24.4 Å². The maximum atomic E-state index is 9.72. The lowest BCUT2D eigenvalue weighted by molar-refractivity contribution is 0.275. The quantitative estimate of drug-likeness (QED) is 0.931. The number of pyridine rings is 1. The Bertz CT molecular complexity index is 601. The highest BCUT2D eigenvalue weighted by Gasteiger charge is 2.36. The molecule has 2 aromatic heterocycles. The number of anilines is 1. The molecule has 3 rings (SSSR count). The Morgan fingerprint density at radius 3 is 2.75 bits per heavy atom. The van der Waals surface area contributed by atoms with Gasteiger partial charge in [-0.15, -0.1) is 0 Å². The Balaban J connectivity index is 1.99. The van der Waals surface area contributed by atoms with Gasteiger partial charge in [-0.1, -0.05) is 19.9 Å². The largest absolute Gasteiger partial charge is 0.390 e. The maximum absolute atomic E-state index is 9.72. The third kappa shape index (κ3) is 1.99. The van der Waals surface area contributed by atoms with Crippen LogP contribution in [0.5, 0.6) is 0 Å². The first-order chi connectivity index (χ1) is 9.73. The molecule has 2 aromatic rings. The van der Waals surface area contributed by atoms with Crippen molar-refractivity contribution in [2.45, 2.75) is 39.7 Å². The average Bonchev–Trinajstić information content (AvgIpc) is 3.08. The van der Waals surface area contributed by atoms with Gasteiger partial charge in [0.2, 0.25) is 0 Å². The summed E-state index contributed by atoms with van der Waals surface area (Å²) >= 11 is 0. The van der Waals surface area contributed by atoms with Crippen molar-refractivity contribution in [1.29, 1.82) is 0 Å². The molecule has 0 unspecified atom stereocenters. The van der Waals surface area contributed by atoms with Crippen LogP contribution >= 0.6 is 0 Å². The van der Waals surface area contributed by atoms with Crippen LogP contribution in [-0.2, 0) is 6.61 Å². The van der Waals surface area contributed by atoms with Gasteiger partial charge in [-0.25, -0.2) is 4.98 Å².